The molecule has 2 amide bonds. The van der Waals surface area contributed by atoms with Gasteiger partial charge in [-0.15, -0.1) is 0 Å². The molecule has 2 N–H and O–H groups in total. The Labute approximate surface area is 161 Å². The number of carbonyl (C=O) groups excluding carboxylic acids is 2. The zero-order valence-corrected chi connectivity index (χ0v) is 16.5. The van der Waals surface area contributed by atoms with E-state index >= 15 is 0 Å². The van der Waals surface area contributed by atoms with Crippen LogP contribution in [0.2, 0.25) is 0 Å². The molecule has 0 radical (unpaired) electrons. The number of hydrogen-bond donors (Lipinski definition) is 2. The van der Waals surface area contributed by atoms with Crippen LogP contribution in [0, 0.1) is 0 Å². The first-order chi connectivity index (χ1) is 12.8. The van der Waals surface area contributed by atoms with Crippen molar-refractivity contribution in [2.45, 2.75) is 39.5 Å². The highest BCUT2D eigenvalue weighted by Gasteiger charge is 2.12. The van der Waals surface area contributed by atoms with Gasteiger partial charge in [0.15, 0.2) is 5.78 Å². The highest BCUT2D eigenvalue weighted by atomic mass is 16.5. The standard InChI is InChI=1S/C22H28N2O3/c1-16(25)17-6-10-19(11-7-17)24-21(26)23-14-5-15-27-20-12-8-18(9-13-20)22(2,3)4/h6-13H,5,14-15H2,1-4H3,(H2,23,24,26). The Morgan fingerprint density at radius 2 is 1.59 bits per heavy atom. The van der Waals surface area contributed by atoms with Gasteiger partial charge in [-0.05, 0) is 60.7 Å². The first-order valence-electron chi connectivity index (χ1n) is 9.15. The van der Waals surface area contributed by atoms with Crippen LogP contribution in [-0.4, -0.2) is 25.0 Å². The molecular weight excluding hydrogens is 340 g/mol. The second-order valence-electron chi connectivity index (χ2n) is 7.49. The number of nitrogens with one attached hydrogen (secondary N) is 2. The monoisotopic (exact) mass is 368 g/mol. The van der Waals surface area contributed by atoms with Crippen molar-refractivity contribution < 1.29 is 14.3 Å². The van der Waals surface area contributed by atoms with Crippen molar-refractivity contribution in [3.8, 4) is 5.75 Å². The van der Waals surface area contributed by atoms with E-state index in [1.165, 1.54) is 12.5 Å². The van der Waals surface area contributed by atoms with Crippen molar-refractivity contribution in [2.75, 3.05) is 18.5 Å². The lowest BCUT2D eigenvalue weighted by molar-refractivity contribution is 0.101. The number of urea groups is 1. The Bertz CT molecular complexity index is 760. The molecule has 0 heterocycles. The number of amides is 2. The minimum atomic E-state index is -0.278. The van der Waals surface area contributed by atoms with E-state index in [0.717, 1.165) is 5.75 Å². The fourth-order valence-electron chi connectivity index (χ4n) is 2.48. The van der Waals surface area contributed by atoms with Crippen LogP contribution >= 0.6 is 0 Å². The van der Waals surface area contributed by atoms with Crippen LogP contribution < -0.4 is 15.4 Å². The molecule has 0 fully saturated rings. The molecule has 2 aromatic carbocycles. The molecule has 0 atom stereocenters. The smallest absolute Gasteiger partial charge is 0.319 e. The first-order valence-corrected chi connectivity index (χ1v) is 9.15. The summed E-state index contributed by atoms with van der Waals surface area (Å²) in [5, 5.41) is 5.52. The highest BCUT2D eigenvalue weighted by molar-refractivity contribution is 5.95. The molecule has 0 aliphatic carbocycles. The summed E-state index contributed by atoms with van der Waals surface area (Å²) >= 11 is 0. The van der Waals surface area contributed by atoms with Gasteiger partial charge in [0.1, 0.15) is 5.75 Å². The van der Waals surface area contributed by atoms with Gasteiger partial charge in [0.05, 0.1) is 6.61 Å². The minimum absolute atomic E-state index is 0.000882. The largest absolute Gasteiger partial charge is 0.494 e. The van der Waals surface area contributed by atoms with Gasteiger partial charge in [-0.2, -0.15) is 0 Å². The predicted octanol–water partition coefficient (Wildman–Crippen LogP) is 4.78. The second kappa shape index (κ2) is 9.21. The molecule has 0 saturated heterocycles. The van der Waals surface area contributed by atoms with Crippen molar-refractivity contribution in [2.24, 2.45) is 0 Å². The molecular formula is C22H28N2O3. The lowest BCUT2D eigenvalue weighted by atomic mass is 9.87. The van der Waals surface area contributed by atoms with Gasteiger partial charge >= 0.3 is 6.03 Å². The molecule has 0 bridgehead atoms. The van der Waals surface area contributed by atoms with E-state index in [2.05, 4.69) is 43.5 Å². The maximum absolute atomic E-state index is 11.9. The van der Waals surface area contributed by atoms with Crippen LogP contribution in [0.15, 0.2) is 48.5 Å². The number of ketones is 1. The lowest BCUT2D eigenvalue weighted by Crippen LogP contribution is -2.30. The van der Waals surface area contributed by atoms with E-state index in [4.69, 9.17) is 4.74 Å². The maximum atomic E-state index is 11.9. The first kappa shape index (κ1) is 20.5. The van der Waals surface area contributed by atoms with Gasteiger partial charge in [-0.25, -0.2) is 4.79 Å². The van der Waals surface area contributed by atoms with Crippen molar-refractivity contribution in [3.05, 3.63) is 59.7 Å². The summed E-state index contributed by atoms with van der Waals surface area (Å²) in [6, 6.07) is 14.6. The highest BCUT2D eigenvalue weighted by Crippen LogP contribution is 2.24. The molecule has 0 aliphatic heterocycles. The average molecular weight is 368 g/mol. The van der Waals surface area contributed by atoms with Gasteiger partial charge in [-0.3, -0.25) is 4.79 Å². The third-order valence-electron chi connectivity index (χ3n) is 4.15. The van der Waals surface area contributed by atoms with E-state index < -0.39 is 0 Å². The Kier molecular flexibility index (Phi) is 6.99. The lowest BCUT2D eigenvalue weighted by Gasteiger charge is -2.19. The number of rotatable bonds is 7. The molecule has 2 rings (SSSR count). The summed E-state index contributed by atoms with van der Waals surface area (Å²) in [5.74, 6) is 0.831. The summed E-state index contributed by atoms with van der Waals surface area (Å²) in [6.07, 6.45) is 0.706. The number of Topliss-reactive ketones (excluding diaryl/α,β-unsaturated/α-hetero) is 1. The van der Waals surface area contributed by atoms with Crippen LogP contribution in [0.1, 0.15) is 50.0 Å². The van der Waals surface area contributed by atoms with Crippen molar-refractivity contribution in [1.29, 1.82) is 0 Å². The van der Waals surface area contributed by atoms with Crippen LogP contribution in [0.4, 0.5) is 10.5 Å². The number of hydrogen-bond acceptors (Lipinski definition) is 3. The maximum Gasteiger partial charge on any atom is 0.319 e. The predicted molar refractivity (Wildman–Crippen MR) is 109 cm³/mol. The molecule has 27 heavy (non-hydrogen) atoms. The molecule has 0 aromatic heterocycles. The molecule has 144 valence electrons. The zero-order chi connectivity index (χ0) is 19.9. The third kappa shape index (κ3) is 6.77. The minimum Gasteiger partial charge on any atom is -0.494 e. The summed E-state index contributed by atoms with van der Waals surface area (Å²) in [7, 11) is 0. The van der Waals surface area contributed by atoms with E-state index in [9.17, 15) is 9.59 Å². The molecule has 5 heteroatoms. The van der Waals surface area contributed by atoms with Crippen molar-refractivity contribution in [3.63, 3.8) is 0 Å². The molecule has 0 aliphatic rings. The fourth-order valence-corrected chi connectivity index (χ4v) is 2.48. The van der Waals surface area contributed by atoms with Gasteiger partial charge in [-0.1, -0.05) is 32.9 Å². The van der Waals surface area contributed by atoms with Crippen molar-refractivity contribution >= 4 is 17.5 Å². The Morgan fingerprint density at radius 1 is 0.963 bits per heavy atom. The summed E-state index contributed by atoms with van der Waals surface area (Å²) in [4.78, 5) is 23.1. The normalized spacial score (nSPS) is 11.0. The van der Waals surface area contributed by atoms with Crippen LogP contribution in [0.5, 0.6) is 5.75 Å². The summed E-state index contributed by atoms with van der Waals surface area (Å²) in [6.45, 7) is 9.09. The topological polar surface area (TPSA) is 67.4 Å². The molecule has 0 saturated carbocycles. The van der Waals surface area contributed by atoms with E-state index in [1.54, 1.807) is 24.3 Å². The quantitative estimate of drug-likeness (QED) is 0.546. The van der Waals surface area contributed by atoms with E-state index in [0.29, 0.717) is 30.8 Å². The van der Waals surface area contributed by atoms with Gasteiger partial charge in [0, 0.05) is 17.8 Å². The SMILES string of the molecule is CC(=O)c1ccc(NC(=O)NCCCOc2ccc(C(C)(C)C)cc2)cc1. The second-order valence-corrected chi connectivity index (χ2v) is 7.49. The Hall–Kier alpha value is -2.82. The number of ether oxygens (including phenoxy) is 1. The Morgan fingerprint density at radius 3 is 2.15 bits per heavy atom. The fraction of sp³-hybridized carbons (Fsp3) is 0.364. The number of anilines is 1. The van der Waals surface area contributed by atoms with Crippen LogP contribution in [0.25, 0.3) is 0 Å². The van der Waals surface area contributed by atoms with Crippen LogP contribution in [-0.2, 0) is 5.41 Å². The van der Waals surface area contributed by atoms with Crippen LogP contribution in [0.3, 0.4) is 0 Å². The van der Waals surface area contributed by atoms with Crippen molar-refractivity contribution in [1.82, 2.24) is 5.32 Å². The molecule has 5 nitrogen and oxygen atoms in total. The van der Waals surface area contributed by atoms with Gasteiger partial charge < -0.3 is 15.4 Å². The summed E-state index contributed by atoms with van der Waals surface area (Å²) < 4.78 is 5.71. The van der Waals surface area contributed by atoms with E-state index in [1.807, 2.05) is 12.1 Å². The summed E-state index contributed by atoms with van der Waals surface area (Å²) in [5.41, 5.74) is 2.66. The average Bonchev–Trinajstić information content (AvgIpc) is 2.61. The zero-order valence-electron chi connectivity index (χ0n) is 16.5. The van der Waals surface area contributed by atoms with Gasteiger partial charge in [0.2, 0.25) is 0 Å². The molecule has 0 spiro atoms. The van der Waals surface area contributed by atoms with E-state index in [-0.39, 0.29) is 17.2 Å². The molecule has 0 unspecified atom stereocenters. The van der Waals surface area contributed by atoms with Gasteiger partial charge in [0.25, 0.3) is 0 Å². The molecule has 2 aromatic rings. The third-order valence-corrected chi connectivity index (χ3v) is 4.15. The Balaban J connectivity index is 1.66. The number of carbonyl (C=O) groups is 2. The number of benzene rings is 2.